The summed E-state index contributed by atoms with van der Waals surface area (Å²) in [6, 6.07) is 10.4. The van der Waals surface area contributed by atoms with Crippen LogP contribution in [-0.2, 0) is 4.79 Å². The van der Waals surface area contributed by atoms with Gasteiger partial charge in [-0.15, -0.1) is 0 Å². The van der Waals surface area contributed by atoms with Gasteiger partial charge in [-0.2, -0.15) is 0 Å². The normalized spacial score (nSPS) is 21.6. The highest BCUT2D eigenvalue weighted by molar-refractivity contribution is 5.83. The molecule has 0 aliphatic carbocycles. The zero-order chi connectivity index (χ0) is 13.6. The molecule has 1 unspecified atom stereocenters. The molecule has 2 aromatic rings. The Bertz CT molecular complexity index is 661. The van der Waals surface area contributed by atoms with Crippen molar-refractivity contribution in [1.29, 1.82) is 0 Å². The van der Waals surface area contributed by atoms with Crippen LogP contribution in [0.5, 0.6) is 0 Å². The van der Waals surface area contributed by atoms with Crippen molar-refractivity contribution in [3.05, 3.63) is 41.6 Å². The van der Waals surface area contributed by atoms with Crippen molar-refractivity contribution in [3.63, 3.8) is 0 Å². The summed E-state index contributed by atoms with van der Waals surface area (Å²) in [6.07, 6.45) is 0.567. The van der Waals surface area contributed by atoms with E-state index in [4.69, 9.17) is 0 Å². The Morgan fingerprint density at radius 3 is 2.74 bits per heavy atom. The maximum absolute atomic E-state index is 11.6. The van der Waals surface area contributed by atoms with Gasteiger partial charge in [-0.3, -0.25) is 9.78 Å². The van der Waals surface area contributed by atoms with Gasteiger partial charge in [0.25, 0.3) is 0 Å². The number of amides is 1. The summed E-state index contributed by atoms with van der Waals surface area (Å²) in [6.45, 7) is 6.16. The molecular formula is C16H18N2O. The van der Waals surface area contributed by atoms with Crippen LogP contribution in [0.25, 0.3) is 10.9 Å². The number of carbonyl (C=O) groups is 1. The molecule has 0 radical (unpaired) electrons. The zero-order valence-electron chi connectivity index (χ0n) is 11.5. The van der Waals surface area contributed by atoms with E-state index in [1.165, 1.54) is 5.56 Å². The lowest BCUT2D eigenvalue weighted by molar-refractivity contribution is -0.119. The van der Waals surface area contributed by atoms with Crippen LogP contribution >= 0.6 is 0 Å². The standard InChI is InChI=1S/C16H18N2O/c1-10-4-5-12-8-11(6-7-14(12)17-10)13-9-15(19)18-16(13,2)3/h4-8,13H,9H2,1-3H3,(H,18,19). The fourth-order valence-electron chi connectivity index (χ4n) is 2.94. The van der Waals surface area contributed by atoms with Gasteiger partial charge in [0.05, 0.1) is 5.52 Å². The second-order valence-electron chi connectivity index (χ2n) is 5.93. The highest BCUT2D eigenvalue weighted by Crippen LogP contribution is 2.36. The van der Waals surface area contributed by atoms with Crippen LogP contribution in [0.3, 0.4) is 0 Å². The SMILES string of the molecule is Cc1ccc2cc(C3CC(=O)NC3(C)C)ccc2n1. The lowest BCUT2D eigenvalue weighted by Crippen LogP contribution is -2.38. The van der Waals surface area contributed by atoms with Crippen LogP contribution in [0.15, 0.2) is 30.3 Å². The number of hydrogen-bond donors (Lipinski definition) is 1. The number of nitrogens with one attached hydrogen (secondary N) is 1. The predicted molar refractivity (Wildman–Crippen MR) is 76.1 cm³/mol. The van der Waals surface area contributed by atoms with Gasteiger partial charge in [0, 0.05) is 29.0 Å². The number of fused-ring (bicyclic) bond motifs is 1. The van der Waals surface area contributed by atoms with E-state index in [1.807, 2.05) is 13.0 Å². The third-order valence-electron chi connectivity index (χ3n) is 3.98. The molecule has 0 saturated carbocycles. The van der Waals surface area contributed by atoms with Gasteiger partial charge < -0.3 is 5.32 Å². The molecule has 1 aromatic carbocycles. The number of benzene rings is 1. The molecule has 1 aromatic heterocycles. The van der Waals surface area contributed by atoms with Crippen LogP contribution in [0.2, 0.25) is 0 Å². The summed E-state index contributed by atoms with van der Waals surface area (Å²) in [5.41, 5.74) is 3.07. The molecule has 2 heterocycles. The number of rotatable bonds is 1. The molecule has 1 saturated heterocycles. The fraction of sp³-hybridized carbons (Fsp3) is 0.375. The van der Waals surface area contributed by atoms with Gasteiger partial charge >= 0.3 is 0 Å². The van der Waals surface area contributed by atoms with Crippen molar-refractivity contribution in [3.8, 4) is 0 Å². The first-order chi connectivity index (χ1) is 8.95. The van der Waals surface area contributed by atoms with E-state index < -0.39 is 0 Å². The molecule has 1 amide bonds. The number of carbonyl (C=O) groups excluding carboxylic acids is 1. The Kier molecular flexibility index (Phi) is 2.59. The highest BCUT2D eigenvalue weighted by Gasteiger charge is 2.39. The maximum atomic E-state index is 11.6. The van der Waals surface area contributed by atoms with E-state index in [0.717, 1.165) is 16.6 Å². The van der Waals surface area contributed by atoms with E-state index in [-0.39, 0.29) is 17.4 Å². The molecule has 1 atom stereocenters. The molecule has 3 nitrogen and oxygen atoms in total. The van der Waals surface area contributed by atoms with Crippen molar-refractivity contribution in [2.45, 2.75) is 38.6 Å². The average Bonchev–Trinajstić information content (AvgIpc) is 2.62. The molecule has 0 spiro atoms. The molecule has 1 N–H and O–H groups in total. The third-order valence-corrected chi connectivity index (χ3v) is 3.98. The molecule has 19 heavy (non-hydrogen) atoms. The predicted octanol–water partition coefficient (Wildman–Crippen LogP) is 2.93. The van der Waals surface area contributed by atoms with Gasteiger partial charge in [-0.25, -0.2) is 0 Å². The Balaban J connectivity index is 2.06. The van der Waals surface area contributed by atoms with Crippen molar-refractivity contribution in [1.82, 2.24) is 10.3 Å². The second-order valence-corrected chi connectivity index (χ2v) is 5.93. The lowest BCUT2D eigenvalue weighted by Gasteiger charge is -2.26. The van der Waals surface area contributed by atoms with Crippen LogP contribution in [0.1, 0.15) is 37.4 Å². The van der Waals surface area contributed by atoms with Gasteiger partial charge in [0.1, 0.15) is 0 Å². The summed E-state index contributed by atoms with van der Waals surface area (Å²) in [5.74, 6) is 0.364. The van der Waals surface area contributed by atoms with E-state index in [0.29, 0.717) is 6.42 Å². The lowest BCUT2D eigenvalue weighted by atomic mass is 9.83. The first-order valence-corrected chi connectivity index (χ1v) is 6.64. The molecule has 1 aliphatic rings. The smallest absolute Gasteiger partial charge is 0.221 e. The van der Waals surface area contributed by atoms with E-state index >= 15 is 0 Å². The minimum atomic E-state index is -0.178. The van der Waals surface area contributed by atoms with Gasteiger partial charge in [0.15, 0.2) is 0 Å². The van der Waals surface area contributed by atoms with Crippen molar-refractivity contribution in [2.75, 3.05) is 0 Å². The first-order valence-electron chi connectivity index (χ1n) is 6.64. The summed E-state index contributed by atoms with van der Waals surface area (Å²) >= 11 is 0. The number of aryl methyl sites for hydroxylation is 1. The van der Waals surface area contributed by atoms with Crippen LogP contribution in [-0.4, -0.2) is 16.4 Å². The minimum absolute atomic E-state index is 0.136. The summed E-state index contributed by atoms with van der Waals surface area (Å²) < 4.78 is 0. The van der Waals surface area contributed by atoms with Crippen LogP contribution in [0.4, 0.5) is 0 Å². The Morgan fingerprint density at radius 1 is 1.26 bits per heavy atom. The van der Waals surface area contributed by atoms with Gasteiger partial charge in [-0.1, -0.05) is 12.1 Å². The number of pyridine rings is 1. The Morgan fingerprint density at radius 2 is 2.05 bits per heavy atom. The maximum Gasteiger partial charge on any atom is 0.221 e. The minimum Gasteiger partial charge on any atom is -0.351 e. The molecule has 1 fully saturated rings. The summed E-state index contributed by atoms with van der Waals surface area (Å²) in [4.78, 5) is 16.1. The van der Waals surface area contributed by atoms with Crippen LogP contribution in [0, 0.1) is 6.92 Å². The summed E-state index contributed by atoms with van der Waals surface area (Å²) in [5, 5.41) is 4.18. The van der Waals surface area contributed by atoms with E-state index in [2.05, 4.69) is 48.4 Å². The topological polar surface area (TPSA) is 42.0 Å². The number of nitrogens with zero attached hydrogens (tertiary/aromatic N) is 1. The van der Waals surface area contributed by atoms with E-state index in [1.54, 1.807) is 0 Å². The monoisotopic (exact) mass is 254 g/mol. The van der Waals surface area contributed by atoms with Crippen molar-refractivity contribution < 1.29 is 4.79 Å². The number of hydrogen-bond acceptors (Lipinski definition) is 2. The zero-order valence-corrected chi connectivity index (χ0v) is 11.5. The highest BCUT2D eigenvalue weighted by atomic mass is 16.2. The largest absolute Gasteiger partial charge is 0.351 e. The fourth-order valence-corrected chi connectivity index (χ4v) is 2.94. The van der Waals surface area contributed by atoms with Crippen LogP contribution < -0.4 is 5.32 Å². The molecule has 3 heteroatoms. The second kappa shape index (κ2) is 4.05. The first kappa shape index (κ1) is 12.2. The Labute approximate surface area is 113 Å². The van der Waals surface area contributed by atoms with Crippen molar-refractivity contribution >= 4 is 16.8 Å². The quantitative estimate of drug-likeness (QED) is 0.850. The average molecular weight is 254 g/mol. The Hall–Kier alpha value is -1.90. The van der Waals surface area contributed by atoms with E-state index in [9.17, 15) is 4.79 Å². The van der Waals surface area contributed by atoms with Crippen molar-refractivity contribution in [2.24, 2.45) is 0 Å². The molecule has 98 valence electrons. The third kappa shape index (κ3) is 2.09. The molecular weight excluding hydrogens is 236 g/mol. The molecule has 3 rings (SSSR count). The van der Waals surface area contributed by atoms with Gasteiger partial charge in [-0.05, 0) is 44.5 Å². The van der Waals surface area contributed by atoms with Gasteiger partial charge in [0.2, 0.25) is 5.91 Å². The summed E-state index contributed by atoms with van der Waals surface area (Å²) in [7, 11) is 0. The molecule has 1 aliphatic heterocycles. The number of aromatic nitrogens is 1. The molecule has 0 bridgehead atoms.